The molecule has 0 spiro atoms. The molecule has 0 aliphatic heterocycles. The maximum absolute atomic E-state index is 11.9. The Kier molecular flexibility index (Phi) is 4.38. The van der Waals surface area contributed by atoms with Gasteiger partial charge in [0.1, 0.15) is 16.9 Å². The average Bonchev–Trinajstić information content (AvgIpc) is 3.10. The van der Waals surface area contributed by atoms with Crippen LogP contribution in [0.2, 0.25) is 0 Å². The Bertz CT molecular complexity index is 1190. The largest absolute Gasteiger partial charge is 0.493 e. The monoisotopic (exact) mass is 363 g/mol. The first-order valence-corrected chi connectivity index (χ1v) is 8.50. The maximum Gasteiger partial charge on any atom is 0.351 e. The van der Waals surface area contributed by atoms with Crippen LogP contribution in [-0.4, -0.2) is 24.7 Å². The summed E-state index contributed by atoms with van der Waals surface area (Å²) in [6.07, 6.45) is 2.73. The summed E-state index contributed by atoms with van der Waals surface area (Å²) < 4.78 is 15.6. The van der Waals surface area contributed by atoms with Crippen LogP contribution in [0.4, 0.5) is 0 Å². The maximum atomic E-state index is 11.9. The third-order valence-electron chi connectivity index (χ3n) is 4.43. The van der Waals surface area contributed by atoms with Gasteiger partial charge in [-0.25, -0.2) is 9.59 Å². The summed E-state index contributed by atoms with van der Waals surface area (Å²) in [4.78, 5) is 26.8. The Morgan fingerprint density at radius 3 is 2.85 bits per heavy atom. The summed E-state index contributed by atoms with van der Waals surface area (Å²) in [5.74, 6) is -0.124. The number of rotatable bonds is 5. The van der Waals surface area contributed by atoms with Gasteiger partial charge in [-0.1, -0.05) is 18.2 Å². The van der Waals surface area contributed by atoms with E-state index in [1.165, 1.54) is 24.1 Å². The highest BCUT2D eigenvalue weighted by Gasteiger charge is 2.14. The summed E-state index contributed by atoms with van der Waals surface area (Å²) in [6, 6.07) is 14.7. The molecule has 136 valence electrons. The number of ether oxygens (including phenoxy) is 2. The Balaban J connectivity index is 1.51. The van der Waals surface area contributed by atoms with E-state index in [-0.39, 0.29) is 5.56 Å². The van der Waals surface area contributed by atoms with Crippen LogP contribution in [0.5, 0.6) is 5.75 Å². The summed E-state index contributed by atoms with van der Waals surface area (Å²) in [6.45, 7) is 0.484. The minimum Gasteiger partial charge on any atom is -0.493 e. The minimum atomic E-state index is -0.731. The molecule has 0 saturated heterocycles. The van der Waals surface area contributed by atoms with E-state index in [2.05, 4.69) is 15.8 Å². The SMILES string of the molecule is COC(=O)c1cc2ccc(OCCc3c[nH]c4ccccc34)cc2oc1=O. The van der Waals surface area contributed by atoms with E-state index < -0.39 is 11.6 Å². The Morgan fingerprint density at radius 1 is 1.15 bits per heavy atom. The van der Waals surface area contributed by atoms with Crippen molar-refractivity contribution >= 4 is 27.8 Å². The lowest BCUT2D eigenvalue weighted by Gasteiger charge is -2.07. The van der Waals surface area contributed by atoms with Gasteiger partial charge in [0.25, 0.3) is 0 Å². The highest BCUT2D eigenvalue weighted by molar-refractivity contribution is 5.93. The van der Waals surface area contributed by atoms with Gasteiger partial charge >= 0.3 is 11.6 Å². The van der Waals surface area contributed by atoms with Crippen molar-refractivity contribution in [3.63, 3.8) is 0 Å². The number of para-hydroxylation sites is 1. The second kappa shape index (κ2) is 6.99. The molecule has 0 bridgehead atoms. The number of fused-ring (bicyclic) bond motifs is 2. The van der Waals surface area contributed by atoms with Gasteiger partial charge in [0.2, 0.25) is 0 Å². The summed E-state index contributed by atoms with van der Waals surface area (Å²) in [7, 11) is 1.22. The third-order valence-corrected chi connectivity index (χ3v) is 4.43. The zero-order valence-electron chi connectivity index (χ0n) is 14.7. The van der Waals surface area contributed by atoms with Gasteiger partial charge in [-0.15, -0.1) is 0 Å². The van der Waals surface area contributed by atoms with Crippen LogP contribution in [0.25, 0.3) is 21.9 Å². The van der Waals surface area contributed by atoms with Crippen molar-refractivity contribution in [1.29, 1.82) is 0 Å². The molecule has 0 aliphatic rings. The van der Waals surface area contributed by atoms with Crippen molar-refractivity contribution in [2.75, 3.05) is 13.7 Å². The first kappa shape index (κ1) is 16.9. The van der Waals surface area contributed by atoms with Crippen LogP contribution in [0.1, 0.15) is 15.9 Å². The minimum absolute atomic E-state index is 0.127. The lowest BCUT2D eigenvalue weighted by molar-refractivity contribution is 0.0596. The molecule has 0 amide bonds. The van der Waals surface area contributed by atoms with Gasteiger partial charge in [-0.2, -0.15) is 0 Å². The zero-order chi connectivity index (χ0) is 18.8. The van der Waals surface area contributed by atoms with E-state index >= 15 is 0 Å². The Labute approximate surface area is 154 Å². The Morgan fingerprint density at radius 2 is 2.00 bits per heavy atom. The average molecular weight is 363 g/mol. The molecule has 1 N–H and O–H groups in total. The smallest absolute Gasteiger partial charge is 0.351 e. The molecule has 0 fully saturated rings. The van der Waals surface area contributed by atoms with E-state index in [4.69, 9.17) is 9.15 Å². The molecule has 2 heterocycles. The topological polar surface area (TPSA) is 81.5 Å². The van der Waals surface area contributed by atoms with Crippen LogP contribution >= 0.6 is 0 Å². The van der Waals surface area contributed by atoms with Crippen molar-refractivity contribution in [1.82, 2.24) is 4.98 Å². The first-order chi connectivity index (χ1) is 13.2. The highest BCUT2D eigenvalue weighted by Crippen LogP contribution is 2.22. The fourth-order valence-corrected chi connectivity index (χ4v) is 3.05. The van der Waals surface area contributed by atoms with Crippen molar-refractivity contribution in [3.8, 4) is 5.75 Å². The quantitative estimate of drug-likeness (QED) is 0.432. The van der Waals surface area contributed by atoms with Gasteiger partial charge in [0.15, 0.2) is 0 Å². The van der Waals surface area contributed by atoms with Crippen LogP contribution in [0.15, 0.2) is 63.9 Å². The number of esters is 1. The molecule has 0 unspecified atom stereocenters. The number of aromatic nitrogens is 1. The molecule has 0 radical (unpaired) electrons. The molecule has 6 heteroatoms. The van der Waals surface area contributed by atoms with E-state index in [1.54, 1.807) is 18.2 Å². The number of hydrogen-bond acceptors (Lipinski definition) is 5. The highest BCUT2D eigenvalue weighted by atomic mass is 16.5. The summed E-state index contributed by atoms with van der Waals surface area (Å²) in [5.41, 5.74) is 1.78. The standard InChI is InChI=1S/C21H17NO5/c1-25-20(23)17-10-13-6-7-15(11-19(13)27-21(17)24)26-9-8-14-12-22-18-5-3-2-4-16(14)18/h2-7,10-12,22H,8-9H2,1H3. The fourth-order valence-electron chi connectivity index (χ4n) is 3.05. The second-order valence-corrected chi connectivity index (χ2v) is 6.10. The van der Waals surface area contributed by atoms with Gasteiger partial charge < -0.3 is 18.9 Å². The zero-order valence-corrected chi connectivity index (χ0v) is 14.7. The molecule has 0 aliphatic carbocycles. The normalized spacial score (nSPS) is 11.0. The Hall–Kier alpha value is -3.54. The molecular formula is C21H17NO5. The first-order valence-electron chi connectivity index (χ1n) is 8.50. The van der Waals surface area contributed by atoms with Gasteiger partial charge in [-0.05, 0) is 29.8 Å². The molecule has 4 rings (SSSR count). The number of carbonyl (C=O) groups excluding carboxylic acids is 1. The number of H-pyrrole nitrogens is 1. The van der Waals surface area contributed by atoms with E-state index in [0.29, 0.717) is 23.3 Å². The molecule has 27 heavy (non-hydrogen) atoms. The van der Waals surface area contributed by atoms with Crippen molar-refractivity contribution in [2.45, 2.75) is 6.42 Å². The van der Waals surface area contributed by atoms with Gasteiger partial charge in [-0.3, -0.25) is 0 Å². The van der Waals surface area contributed by atoms with E-state index in [0.717, 1.165) is 11.9 Å². The third kappa shape index (κ3) is 3.29. The van der Waals surface area contributed by atoms with Crippen LogP contribution in [0, 0.1) is 0 Å². The molecule has 6 nitrogen and oxygen atoms in total. The second-order valence-electron chi connectivity index (χ2n) is 6.10. The lowest BCUT2D eigenvalue weighted by Crippen LogP contribution is -2.14. The molecule has 2 aromatic carbocycles. The molecule has 0 atom stereocenters. The molecule has 0 saturated carbocycles. The summed E-state index contributed by atoms with van der Waals surface area (Å²) >= 11 is 0. The molecular weight excluding hydrogens is 346 g/mol. The van der Waals surface area contributed by atoms with Crippen molar-refractivity contribution in [3.05, 3.63) is 76.3 Å². The van der Waals surface area contributed by atoms with Crippen molar-refractivity contribution < 1.29 is 18.7 Å². The number of hydrogen-bond donors (Lipinski definition) is 1. The van der Waals surface area contributed by atoms with Crippen LogP contribution in [0.3, 0.4) is 0 Å². The molecule has 2 aromatic heterocycles. The predicted octanol–water partition coefficient (Wildman–Crippen LogP) is 3.68. The fraction of sp³-hybridized carbons (Fsp3) is 0.143. The van der Waals surface area contributed by atoms with Gasteiger partial charge in [0, 0.05) is 35.0 Å². The summed E-state index contributed by atoms with van der Waals surface area (Å²) in [5, 5.41) is 1.81. The number of aromatic amines is 1. The number of benzene rings is 2. The number of methoxy groups -OCH3 is 1. The van der Waals surface area contributed by atoms with Crippen LogP contribution < -0.4 is 10.4 Å². The lowest BCUT2D eigenvalue weighted by atomic mass is 10.1. The number of carbonyl (C=O) groups is 1. The van der Waals surface area contributed by atoms with Crippen molar-refractivity contribution in [2.24, 2.45) is 0 Å². The van der Waals surface area contributed by atoms with Gasteiger partial charge in [0.05, 0.1) is 13.7 Å². The van der Waals surface area contributed by atoms with E-state index in [1.807, 2.05) is 24.4 Å². The van der Waals surface area contributed by atoms with E-state index in [9.17, 15) is 9.59 Å². The molecule has 4 aromatic rings. The van der Waals surface area contributed by atoms with Crippen LogP contribution in [-0.2, 0) is 11.2 Å². The number of nitrogens with one attached hydrogen (secondary N) is 1. The predicted molar refractivity (Wildman–Crippen MR) is 101 cm³/mol.